The summed E-state index contributed by atoms with van der Waals surface area (Å²) >= 11 is 0. The summed E-state index contributed by atoms with van der Waals surface area (Å²) in [5.41, 5.74) is 1.85. The van der Waals surface area contributed by atoms with Gasteiger partial charge in [0.15, 0.2) is 0 Å². The van der Waals surface area contributed by atoms with Crippen LogP contribution in [0.5, 0.6) is 5.75 Å². The van der Waals surface area contributed by atoms with E-state index in [2.05, 4.69) is 28.6 Å². The van der Waals surface area contributed by atoms with Crippen LogP contribution in [0.1, 0.15) is 25.2 Å². The van der Waals surface area contributed by atoms with E-state index >= 15 is 0 Å². The molecule has 1 aliphatic rings. The molecule has 0 spiro atoms. The van der Waals surface area contributed by atoms with Gasteiger partial charge in [0.25, 0.3) is 0 Å². The van der Waals surface area contributed by atoms with Crippen molar-refractivity contribution < 1.29 is 13.2 Å². The van der Waals surface area contributed by atoms with Crippen molar-refractivity contribution in [3.8, 4) is 5.75 Å². The number of aromatic nitrogens is 2. The summed E-state index contributed by atoms with van der Waals surface area (Å²) in [4.78, 5) is 2.54. The molecule has 0 aliphatic carbocycles. The molecule has 0 bridgehead atoms. The Morgan fingerprint density at radius 3 is 2.77 bits per heavy atom. The number of sulfonamides is 1. The molecule has 0 unspecified atom stereocenters. The van der Waals surface area contributed by atoms with Gasteiger partial charge in [-0.05, 0) is 24.1 Å². The van der Waals surface area contributed by atoms with Crippen LogP contribution >= 0.6 is 0 Å². The fourth-order valence-electron chi connectivity index (χ4n) is 3.23. The molecule has 0 saturated heterocycles. The van der Waals surface area contributed by atoms with Gasteiger partial charge in [-0.1, -0.05) is 26.0 Å². The summed E-state index contributed by atoms with van der Waals surface area (Å²) in [7, 11) is -2.20. The molecule has 0 saturated carbocycles. The molecule has 1 N–H and O–H groups in total. The zero-order chi connectivity index (χ0) is 18.7. The highest BCUT2D eigenvalue weighted by Crippen LogP contribution is 2.23. The largest absolute Gasteiger partial charge is 0.495 e. The van der Waals surface area contributed by atoms with E-state index in [0.29, 0.717) is 11.7 Å². The number of methoxy groups -OCH3 is 1. The summed E-state index contributed by atoms with van der Waals surface area (Å²) in [6.07, 6.45) is 0. The minimum Gasteiger partial charge on any atom is -0.495 e. The first-order valence-electron chi connectivity index (χ1n) is 8.79. The van der Waals surface area contributed by atoms with E-state index in [0.717, 1.165) is 37.6 Å². The molecule has 7 nitrogen and oxygen atoms in total. The van der Waals surface area contributed by atoms with Gasteiger partial charge in [0.1, 0.15) is 10.6 Å². The van der Waals surface area contributed by atoms with Crippen LogP contribution in [-0.4, -0.2) is 43.3 Å². The first-order chi connectivity index (χ1) is 12.4. The SMILES string of the molecule is COc1ccccc1S(=O)(=O)NCc1cc2n(n1)CCN(CC(C)C)C2. The molecular weight excluding hydrogens is 352 g/mol. The summed E-state index contributed by atoms with van der Waals surface area (Å²) in [6.45, 7) is 8.30. The molecule has 3 rings (SSSR count). The number of hydrogen-bond acceptors (Lipinski definition) is 5. The second-order valence-electron chi connectivity index (χ2n) is 6.95. The maximum Gasteiger partial charge on any atom is 0.244 e. The van der Waals surface area contributed by atoms with Crippen molar-refractivity contribution in [3.05, 3.63) is 41.7 Å². The predicted molar refractivity (Wildman–Crippen MR) is 99.4 cm³/mol. The van der Waals surface area contributed by atoms with Crippen molar-refractivity contribution in [1.29, 1.82) is 0 Å². The highest BCUT2D eigenvalue weighted by Gasteiger charge is 2.21. The fourth-order valence-corrected chi connectivity index (χ4v) is 4.39. The van der Waals surface area contributed by atoms with Crippen molar-refractivity contribution in [2.45, 2.75) is 38.4 Å². The Kier molecular flexibility index (Phi) is 5.64. The van der Waals surface area contributed by atoms with Crippen molar-refractivity contribution in [2.75, 3.05) is 20.2 Å². The maximum atomic E-state index is 12.6. The molecule has 2 heterocycles. The third-order valence-corrected chi connectivity index (χ3v) is 5.79. The van der Waals surface area contributed by atoms with Gasteiger partial charge in [0.05, 0.1) is 31.6 Å². The second kappa shape index (κ2) is 7.77. The van der Waals surface area contributed by atoms with Gasteiger partial charge in [0.2, 0.25) is 10.0 Å². The quantitative estimate of drug-likeness (QED) is 0.796. The summed E-state index contributed by atoms with van der Waals surface area (Å²) in [5, 5.41) is 4.54. The topological polar surface area (TPSA) is 76.5 Å². The number of para-hydroxylation sites is 1. The first kappa shape index (κ1) is 18.9. The van der Waals surface area contributed by atoms with Crippen molar-refractivity contribution >= 4 is 10.0 Å². The molecule has 1 aliphatic heterocycles. The third-order valence-electron chi connectivity index (χ3n) is 4.35. The minimum absolute atomic E-state index is 0.134. The van der Waals surface area contributed by atoms with Crippen molar-refractivity contribution in [1.82, 2.24) is 19.4 Å². The van der Waals surface area contributed by atoms with E-state index < -0.39 is 10.0 Å². The maximum absolute atomic E-state index is 12.6. The monoisotopic (exact) mass is 378 g/mol. The van der Waals surface area contributed by atoms with Gasteiger partial charge in [-0.25, -0.2) is 13.1 Å². The molecular formula is C18H26N4O3S. The molecule has 1 aromatic heterocycles. The summed E-state index contributed by atoms with van der Waals surface area (Å²) in [5.74, 6) is 0.949. The molecule has 0 radical (unpaired) electrons. The lowest BCUT2D eigenvalue weighted by Crippen LogP contribution is -2.36. The van der Waals surface area contributed by atoms with Crippen LogP contribution in [0.15, 0.2) is 35.2 Å². The number of hydrogen-bond donors (Lipinski definition) is 1. The number of nitrogens with zero attached hydrogens (tertiary/aromatic N) is 3. The van der Waals surface area contributed by atoms with Gasteiger partial charge < -0.3 is 4.74 Å². The summed E-state index contributed by atoms with van der Waals surface area (Å²) in [6, 6.07) is 8.56. The number of nitrogens with one attached hydrogen (secondary N) is 1. The Morgan fingerprint density at radius 2 is 2.04 bits per heavy atom. The van der Waals surface area contributed by atoms with Crippen molar-refractivity contribution in [3.63, 3.8) is 0 Å². The minimum atomic E-state index is -3.66. The van der Waals surface area contributed by atoms with Crippen LogP contribution in [-0.2, 0) is 29.7 Å². The molecule has 0 atom stereocenters. The molecule has 1 aromatic carbocycles. The third kappa shape index (κ3) is 4.25. The van der Waals surface area contributed by atoms with Crippen LogP contribution in [0.25, 0.3) is 0 Å². The van der Waals surface area contributed by atoms with Gasteiger partial charge in [-0.15, -0.1) is 0 Å². The molecule has 8 heteroatoms. The Morgan fingerprint density at radius 1 is 1.27 bits per heavy atom. The van der Waals surface area contributed by atoms with Crippen LogP contribution < -0.4 is 9.46 Å². The van der Waals surface area contributed by atoms with Crippen LogP contribution in [0.3, 0.4) is 0 Å². The van der Waals surface area contributed by atoms with Crippen molar-refractivity contribution in [2.24, 2.45) is 5.92 Å². The number of benzene rings is 1. The molecule has 142 valence electrons. The molecule has 0 amide bonds. The first-order valence-corrected chi connectivity index (χ1v) is 10.3. The van der Waals surface area contributed by atoms with E-state index in [1.165, 1.54) is 13.2 Å². The van der Waals surface area contributed by atoms with Gasteiger partial charge >= 0.3 is 0 Å². The average Bonchev–Trinajstić information content (AvgIpc) is 3.02. The molecule has 26 heavy (non-hydrogen) atoms. The molecule has 0 fully saturated rings. The van der Waals surface area contributed by atoms with Gasteiger partial charge in [-0.2, -0.15) is 5.10 Å². The number of fused-ring (bicyclic) bond motifs is 1. The van der Waals surface area contributed by atoms with Gasteiger partial charge in [-0.3, -0.25) is 9.58 Å². The second-order valence-corrected chi connectivity index (χ2v) is 8.69. The number of ether oxygens (including phenoxy) is 1. The fraction of sp³-hybridized carbons (Fsp3) is 0.500. The lowest BCUT2D eigenvalue weighted by Gasteiger charge is -2.28. The lowest BCUT2D eigenvalue weighted by atomic mass is 10.2. The van der Waals surface area contributed by atoms with E-state index in [-0.39, 0.29) is 11.4 Å². The average molecular weight is 378 g/mol. The Hall–Kier alpha value is -1.90. The highest BCUT2D eigenvalue weighted by molar-refractivity contribution is 7.89. The van der Waals surface area contributed by atoms with E-state index in [4.69, 9.17) is 4.74 Å². The Balaban J connectivity index is 1.68. The zero-order valence-electron chi connectivity index (χ0n) is 15.5. The zero-order valence-corrected chi connectivity index (χ0v) is 16.3. The standard InChI is InChI=1S/C18H26N4O3S/c1-14(2)12-21-8-9-22-16(13-21)10-15(20-22)11-19-26(23,24)18-7-5-4-6-17(18)25-3/h4-7,10,14,19H,8-9,11-13H2,1-3H3. The van der Waals surface area contributed by atoms with E-state index in [1.807, 2.05) is 10.7 Å². The van der Waals surface area contributed by atoms with Gasteiger partial charge in [0, 0.05) is 19.6 Å². The number of rotatable bonds is 7. The molecule has 2 aromatic rings. The smallest absolute Gasteiger partial charge is 0.244 e. The van der Waals surface area contributed by atoms with Crippen LogP contribution in [0.2, 0.25) is 0 Å². The lowest BCUT2D eigenvalue weighted by molar-refractivity contribution is 0.192. The Bertz CT molecular complexity index is 861. The summed E-state index contributed by atoms with van der Waals surface area (Å²) < 4.78 is 34.9. The van der Waals surface area contributed by atoms with E-state index in [9.17, 15) is 8.42 Å². The highest BCUT2D eigenvalue weighted by atomic mass is 32.2. The Labute approximate surface area is 155 Å². The predicted octanol–water partition coefficient (Wildman–Crippen LogP) is 1.84. The normalized spacial score (nSPS) is 15.2. The van der Waals surface area contributed by atoms with Crippen LogP contribution in [0, 0.1) is 5.92 Å². The van der Waals surface area contributed by atoms with Crippen LogP contribution in [0.4, 0.5) is 0 Å². The van der Waals surface area contributed by atoms with E-state index in [1.54, 1.807) is 18.2 Å².